The van der Waals surface area contributed by atoms with Crippen LogP contribution in [0.1, 0.15) is 5.56 Å². The molecule has 2 aromatic carbocycles. The second-order valence-electron chi connectivity index (χ2n) is 4.91. The summed E-state index contributed by atoms with van der Waals surface area (Å²) in [5, 5.41) is 3.82. The average Bonchev–Trinajstić information content (AvgIpc) is 2.86. The van der Waals surface area contributed by atoms with Crippen LogP contribution >= 0.6 is 35.0 Å². The molecule has 1 saturated heterocycles. The molecule has 1 atom stereocenters. The number of nitrogens with zero attached hydrogens (tertiary/aromatic N) is 1. The van der Waals surface area contributed by atoms with Crippen molar-refractivity contribution in [3.8, 4) is 0 Å². The summed E-state index contributed by atoms with van der Waals surface area (Å²) in [4.78, 5) is 16.4. The van der Waals surface area contributed by atoms with Gasteiger partial charge in [0.1, 0.15) is 5.82 Å². The van der Waals surface area contributed by atoms with Crippen LogP contribution in [0.15, 0.2) is 47.5 Å². The van der Waals surface area contributed by atoms with Crippen molar-refractivity contribution in [1.82, 2.24) is 5.32 Å². The molecule has 23 heavy (non-hydrogen) atoms. The molecule has 0 saturated carbocycles. The van der Waals surface area contributed by atoms with Crippen LogP contribution in [0, 0.1) is 5.82 Å². The highest BCUT2D eigenvalue weighted by Crippen LogP contribution is 2.31. The molecule has 0 aromatic heterocycles. The van der Waals surface area contributed by atoms with Crippen molar-refractivity contribution in [2.24, 2.45) is 4.99 Å². The number of aliphatic imine (C=N–C) groups is 1. The Kier molecular flexibility index (Phi) is 4.90. The number of amidine groups is 1. The molecule has 0 radical (unpaired) electrons. The maximum atomic E-state index is 12.9. The molecular formula is C16H11Cl2FN2OS. The summed E-state index contributed by atoms with van der Waals surface area (Å²) < 4.78 is 12.9. The Morgan fingerprint density at radius 1 is 1.17 bits per heavy atom. The zero-order valence-corrected chi connectivity index (χ0v) is 14.1. The number of hydrogen-bond acceptors (Lipinski definition) is 3. The highest BCUT2D eigenvalue weighted by atomic mass is 35.5. The maximum absolute atomic E-state index is 12.9. The molecule has 0 unspecified atom stereocenters. The van der Waals surface area contributed by atoms with Crippen LogP contribution in [0.2, 0.25) is 10.0 Å². The summed E-state index contributed by atoms with van der Waals surface area (Å²) in [5.41, 5.74) is 1.39. The molecule has 1 heterocycles. The van der Waals surface area contributed by atoms with Gasteiger partial charge in [0, 0.05) is 0 Å². The van der Waals surface area contributed by atoms with Gasteiger partial charge < -0.3 is 5.32 Å². The second-order valence-corrected chi connectivity index (χ2v) is 6.88. The predicted molar refractivity (Wildman–Crippen MR) is 93.2 cm³/mol. The Bertz CT molecular complexity index is 780. The molecule has 0 aliphatic carbocycles. The van der Waals surface area contributed by atoms with Crippen LogP contribution in [0.25, 0.3) is 0 Å². The van der Waals surface area contributed by atoms with Crippen LogP contribution < -0.4 is 5.32 Å². The largest absolute Gasteiger partial charge is 0.304 e. The molecule has 1 N–H and O–H groups in total. The van der Waals surface area contributed by atoms with Gasteiger partial charge in [0.25, 0.3) is 0 Å². The predicted octanol–water partition coefficient (Wildman–Crippen LogP) is 4.59. The number of benzene rings is 2. The van der Waals surface area contributed by atoms with E-state index in [0.717, 1.165) is 5.56 Å². The molecule has 2 aromatic rings. The number of amides is 1. The van der Waals surface area contributed by atoms with Crippen molar-refractivity contribution in [1.29, 1.82) is 0 Å². The summed E-state index contributed by atoms with van der Waals surface area (Å²) in [6.07, 6.45) is 0.457. The summed E-state index contributed by atoms with van der Waals surface area (Å²) in [5.74, 6) is -0.461. The molecule has 1 fully saturated rings. The van der Waals surface area contributed by atoms with Crippen LogP contribution in [0.4, 0.5) is 10.1 Å². The minimum Gasteiger partial charge on any atom is -0.304 e. The number of hydrogen-bond donors (Lipinski definition) is 1. The zero-order valence-electron chi connectivity index (χ0n) is 11.7. The van der Waals surface area contributed by atoms with Crippen molar-refractivity contribution in [2.45, 2.75) is 11.7 Å². The first-order chi connectivity index (χ1) is 11.0. The summed E-state index contributed by atoms with van der Waals surface area (Å²) in [7, 11) is 0. The van der Waals surface area contributed by atoms with E-state index < -0.39 is 0 Å². The number of carbonyl (C=O) groups excluding carboxylic acids is 1. The number of carbonyl (C=O) groups is 1. The summed E-state index contributed by atoms with van der Waals surface area (Å²) in [6.45, 7) is 0. The Balaban J connectivity index is 1.75. The van der Waals surface area contributed by atoms with Crippen LogP contribution in [-0.2, 0) is 11.2 Å². The summed E-state index contributed by atoms with van der Waals surface area (Å²) >= 11 is 13.5. The lowest BCUT2D eigenvalue weighted by atomic mass is 10.1. The lowest BCUT2D eigenvalue weighted by molar-refractivity contribution is -0.118. The van der Waals surface area contributed by atoms with Gasteiger partial charge in [0.2, 0.25) is 5.91 Å². The third kappa shape index (κ3) is 3.86. The van der Waals surface area contributed by atoms with Gasteiger partial charge in [-0.2, -0.15) is 0 Å². The first-order valence-corrected chi connectivity index (χ1v) is 8.41. The van der Waals surface area contributed by atoms with E-state index >= 15 is 0 Å². The van der Waals surface area contributed by atoms with Crippen molar-refractivity contribution in [3.63, 3.8) is 0 Å². The van der Waals surface area contributed by atoms with Crippen molar-refractivity contribution in [3.05, 3.63) is 63.9 Å². The first kappa shape index (κ1) is 16.3. The number of nitrogens with one attached hydrogen (secondary N) is 1. The van der Waals surface area contributed by atoms with Crippen LogP contribution in [-0.4, -0.2) is 16.3 Å². The van der Waals surface area contributed by atoms with E-state index in [1.807, 2.05) is 6.07 Å². The van der Waals surface area contributed by atoms with Gasteiger partial charge in [0.05, 0.1) is 21.0 Å². The molecule has 0 spiro atoms. The molecular weight excluding hydrogens is 358 g/mol. The maximum Gasteiger partial charge on any atom is 0.239 e. The third-order valence-electron chi connectivity index (χ3n) is 3.27. The second kappa shape index (κ2) is 6.91. The van der Waals surface area contributed by atoms with Crippen LogP contribution in [0.3, 0.4) is 0 Å². The van der Waals surface area contributed by atoms with E-state index in [2.05, 4.69) is 10.3 Å². The fourth-order valence-electron chi connectivity index (χ4n) is 2.13. The number of thioether (sulfide) groups is 1. The molecule has 118 valence electrons. The monoisotopic (exact) mass is 368 g/mol. The quantitative estimate of drug-likeness (QED) is 0.860. The number of halogens is 3. The standard InChI is InChI=1S/C16H11Cl2FN2OS/c17-12-3-1-2-9(14(12)18)8-13-15(22)21-16(23-13)20-11-6-4-10(19)5-7-11/h1-7,13H,8H2,(H,20,21,22)/t13-/m0/s1. The fourth-order valence-corrected chi connectivity index (χ4v) is 3.54. The van der Waals surface area contributed by atoms with Gasteiger partial charge in [0.15, 0.2) is 5.17 Å². The van der Waals surface area contributed by atoms with E-state index in [0.29, 0.717) is 27.3 Å². The lowest BCUT2D eigenvalue weighted by Gasteiger charge is -2.08. The molecule has 1 aliphatic rings. The minimum atomic E-state index is -0.329. The van der Waals surface area contributed by atoms with E-state index in [-0.39, 0.29) is 17.0 Å². The topological polar surface area (TPSA) is 41.5 Å². The Morgan fingerprint density at radius 2 is 1.91 bits per heavy atom. The Labute approximate surface area is 146 Å². The normalized spacial score (nSPS) is 19.2. The molecule has 3 rings (SSSR count). The Morgan fingerprint density at radius 3 is 2.65 bits per heavy atom. The van der Waals surface area contributed by atoms with E-state index in [1.165, 1.54) is 23.9 Å². The molecule has 3 nitrogen and oxygen atoms in total. The highest BCUT2D eigenvalue weighted by molar-refractivity contribution is 8.15. The van der Waals surface area contributed by atoms with Crippen molar-refractivity contribution in [2.75, 3.05) is 0 Å². The highest BCUT2D eigenvalue weighted by Gasteiger charge is 2.31. The smallest absolute Gasteiger partial charge is 0.239 e. The van der Waals surface area contributed by atoms with Gasteiger partial charge >= 0.3 is 0 Å². The van der Waals surface area contributed by atoms with Gasteiger partial charge in [-0.3, -0.25) is 4.79 Å². The zero-order chi connectivity index (χ0) is 16.4. The first-order valence-electron chi connectivity index (χ1n) is 6.77. The van der Waals surface area contributed by atoms with E-state index in [4.69, 9.17) is 23.2 Å². The van der Waals surface area contributed by atoms with Crippen molar-refractivity contribution < 1.29 is 9.18 Å². The van der Waals surface area contributed by atoms with Gasteiger partial charge in [-0.15, -0.1) is 0 Å². The molecule has 1 amide bonds. The lowest BCUT2D eigenvalue weighted by Crippen LogP contribution is -2.26. The number of rotatable bonds is 3. The third-order valence-corrected chi connectivity index (χ3v) is 5.21. The Hall–Kier alpha value is -1.56. The SMILES string of the molecule is O=C1NC(=Nc2ccc(F)cc2)S[C@H]1Cc1cccc(Cl)c1Cl. The van der Waals surface area contributed by atoms with Gasteiger partial charge in [-0.25, -0.2) is 9.38 Å². The van der Waals surface area contributed by atoms with Gasteiger partial charge in [-0.1, -0.05) is 47.1 Å². The van der Waals surface area contributed by atoms with Crippen LogP contribution in [0.5, 0.6) is 0 Å². The van der Waals surface area contributed by atoms with E-state index in [9.17, 15) is 9.18 Å². The van der Waals surface area contributed by atoms with E-state index in [1.54, 1.807) is 24.3 Å². The fraction of sp³-hybridized carbons (Fsp3) is 0.125. The average molecular weight is 369 g/mol. The minimum absolute atomic E-state index is 0.132. The van der Waals surface area contributed by atoms with Gasteiger partial charge in [-0.05, 0) is 42.3 Å². The van der Waals surface area contributed by atoms with Crippen molar-refractivity contribution >= 4 is 51.7 Å². The summed E-state index contributed by atoms with van der Waals surface area (Å²) in [6, 6.07) is 11.1. The molecule has 0 bridgehead atoms. The molecule has 1 aliphatic heterocycles. The molecule has 7 heteroatoms.